The van der Waals surface area contributed by atoms with Crippen molar-refractivity contribution in [3.05, 3.63) is 57.1 Å². The van der Waals surface area contributed by atoms with Crippen molar-refractivity contribution in [1.82, 2.24) is 5.32 Å². The predicted octanol–water partition coefficient (Wildman–Crippen LogP) is 3.45. The summed E-state index contributed by atoms with van der Waals surface area (Å²) in [7, 11) is 1.39. The highest BCUT2D eigenvalue weighted by Crippen LogP contribution is 2.34. The number of halogens is 1. The van der Waals surface area contributed by atoms with Crippen LogP contribution in [0.2, 0.25) is 0 Å². The lowest BCUT2D eigenvalue weighted by Gasteiger charge is -2.27. The molecular weight excluding hydrogens is 428 g/mol. The fourth-order valence-electron chi connectivity index (χ4n) is 2.74. The second-order valence-corrected chi connectivity index (χ2v) is 7.13. The van der Waals surface area contributed by atoms with E-state index in [1.165, 1.54) is 25.3 Å². The highest BCUT2D eigenvalue weighted by atomic mass is 79.9. The van der Waals surface area contributed by atoms with Gasteiger partial charge in [-0.05, 0) is 60.9 Å². The van der Waals surface area contributed by atoms with Gasteiger partial charge in [0.15, 0.2) is 11.5 Å². The quantitative estimate of drug-likeness (QED) is 0.558. The molecule has 0 spiro atoms. The second-order valence-electron chi connectivity index (χ2n) is 6.27. The van der Waals surface area contributed by atoms with Gasteiger partial charge in [0.05, 0.1) is 12.8 Å². The Kier molecular flexibility index (Phi) is 5.24. The maximum Gasteiger partial charge on any atom is 0.335 e. The highest BCUT2D eigenvalue weighted by molar-refractivity contribution is 9.10. The Morgan fingerprint density at radius 3 is 2.46 bits per heavy atom. The third-order valence-corrected chi connectivity index (χ3v) is 5.14. The molecule has 2 N–H and O–H groups in total. The topological polar surface area (TPSA) is 95.9 Å². The zero-order chi connectivity index (χ0) is 20.6. The zero-order valence-electron chi connectivity index (χ0n) is 15.4. The average molecular weight is 445 g/mol. The summed E-state index contributed by atoms with van der Waals surface area (Å²) in [4.78, 5) is 38.5. The van der Waals surface area contributed by atoms with Crippen LogP contribution in [0.5, 0.6) is 11.5 Å². The van der Waals surface area contributed by atoms with Crippen molar-refractivity contribution in [2.45, 2.75) is 13.8 Å². The van der Waals surface area contributed by atoms with Crippen LogP contribution >= 0.6 is 15.9 Å². The van der Waals surface area contributed by atoms with Crippen molar-refractivity contribution < 1.29 is 24.2 Å². The molecule has 144 valence electrons. The van der Waals surface area contributed by atoms with Gasteiger partial charge in [-0.15, -0.1) is 0 Å². The van der Waals surface area contributed by atoms with Crippen molar-refractivity contribution in [1.29, 1.82) is 0 Å². The van der Waals surface area contributed by atoms with Gasteiger partial charge in [0.25, 0.3) is 11.8 Å². The molecule has 28 heavy (non-hydrogen) atoms. The Balaban J connectivity index is 2.07. The lowest BCUT2D eigenvalue weighted by Crippen LogP contribution is -2.54. The smallest absolute Gasteiger partial charge is 0.335 e. The minimum absolute atomic E-state index is 0.0946. The highest BCUT2D eigenvalue weighted by Gasteiger charge is 2.37. The standard InChI is InChI=1S/C20H17BrN2O5/c1-10-4-5-13(6-11(10)2)23-19(26)14(18(25)22-20(23)27)7-12-8-17(28-3)16(24)9-15(12)21/h4-9,24H,1-3H3,(H,22,25,27)/b14-7+. The molecule has 2 aromatic carbocycles. The molecule has 0 aliphatic carbocycles. The van der Waals surface area contributed by atoms with E-state index >= 15 is 0 Å². The van der Waals surface area contributed by atoms with Crippen molar-refractivity contribution >= 4 is 45.5 Å². The van der Waals surface area contributed by atoms with E-state index in [0.29, 0.717) is 15.7 Å². The van der Waals surface area contributed by atoms with Crippen LogP contribution in [-0.4, -0.2) is 30.1 Å². The fourth-order valence-corrected chi connectivity index (χ4v) is 3.19. The van der Waals surface area contributed by atoms with Crippen LogP contribution < -0.4 is 15.0 Å². The number of carbonyl (C=O) groups excluding carboxylic acids is 3. The maximum atomic E-state index is 13.0. The monoisotopic (exact) mass is 444 g/mol. The summed E-state index contributed by atoms with van der Waals surface area (Å²) in [6, 6.07) is 7.21. The van der Waals surface area contributed by atoms with Gasteiger partial charge in [-0.2, -0.15) is 0 Å². The van der Waals surface area contributed by atoms with Crippen molar-refractivity contribution in [2.75, 3.05) is 12.0 Å². The normalized spacial score (nSPS) is 15.8. The number of benzene rings is 2. The summed E-state index contributed by atoms with van der Waals surface area (Å²) >= 11 is 3.28. The van der Waals surface area contributed by atoms with E-state index in [1.807, 2.05) is 13.8 Å². The zero-order valence-corrected chi connectivity index (χ0v) is 17.0. The number of urea groups is 1. The number of phenols is 1. The van der Waals surface area contributed by atoms with E-state index in [-0.39, 0.29) is 17.1 Å². The lowest BCUT2D eigenvalue weighted by molar-refractivity contribution is -0.122. The van der Waals surface area contributed by atoms with Crippen LogP contribution in [0.3, 0.4) is 0 Å². The number of hydrogen-bond donors (Lipinski definition) is 2. The van der Waals surface area contributed by atoms with E-state index in [4.69, 9.17) is 4.74 Å². The number of rotatable bonds is 3. The second kappa shape index (κ2) is 7.47. The molecule has 4 amide bonds. The molecule has 2 aromatic rings. The Morgan fingerprint density at radius 1 is 1.11 bits per heavy atom. The SMILES string of the molecule is COc1cc(/C=C2\C(=O)NC(=O)N(c3ccc(C)c(C)c3)C2=O)c(Br)cc1O. The van der Waals surface area contributed by atoms with Crippen LogP contribution in [0, 0.1) is 13.8 Å². The molecule has 7 nitrogen and oxygen atoms in total. The Hall–Kier alpha value is -3.13. The van der Waals surface area contributed by atoms with E-state index in [1.54, 1.807) is 18.2 Å². The number of barbiturate groups is 1. The van der Waals surface area contributed by atoms with Gasteiger partial charge in [0, 0.05) is 4.47 Å². The molecular formula is C20H17BrN2O5. The molecule has 0 unspecified atom stereocenters. The first-order valence-electron chi connectivity index (χ1n) is 8.28. The van der Waals surface area contributed by atoms with Crippen molar-refractivity contribution in [2.24, 2.45) is 0 Å². The third kappa shape index (κ3) is 3.50. The first kappa shape index (κ1) is 19.6. The fraction of sp³-hybridized carbons (Fsp3) is 0.150. The van der Waals surface area contributed by atoms with Crippen LogP contribution in [0.4, 0.5) is 10.5 Å². The molecule has 0 saturated carbocycles. The van der Waals surface area contributed by atoms with Gasteiger partial charge in [0.2, 0.25) is 0 Å². The van der Waals surface area contributed by atoms with Gasteiger partial charge in [-0.1, -0.05) is 22.0 Å². The summed E-state index contributed by atoms with van der Waals surface area (Å²) in [6.07, 6.45) is 1.34. The summed E-state index contributed by atoms with van der Waals surface area (Å²) in [5.74, 6) is -1.45. The molecule has 0 atom stereocenters. The van der Waals surface area contributed by atoms with Crippen molar-refractivity contribution in [3.63, 3.8) is 0 Å². The van der Waals surface area contributed by atoms with Gasteiger partial charge in [-0.3, -0.25) is 14.9 Å². The largest absolute Gasteiger partial charge is 0.504 e. The number of nitrogens with zero attached hydrogens (tertiary/aromatic N) is 1. The molecule has 8 heteroatoms. The number of imide groups is 2. The average Bonchev–Trinajstić information content (AvgIpc) is 2.63. The first-order chi connectivity index (χ1) is 13.2. The number of carbonyl (C=O) groups is 3. The number of phenolic OH excluding ortho intramolecular Hbond substituents is 1. The minimum atomic E-state index is -0.808. The number of anilines is 1. The summed E-state index contributed by atoms with van der Waals surface area (Å²) < 4.78 is 5.52. The summed E-state index contributed by atoms with van der Waals surface area (Å²) in [5, 5.41) is 12.0. The molecule has 3 rings (SSSR count). The summed E-state index contributed by atoms with van der Waals surface area (Å²) in [6.45, 7) is 3.79. The molecule has 0 bridgehead atoms. The molecule has 1 aliphatic rings. The first-order valence-corrected chi connectivity index (χ1v) is 9.07. The molecule has 1 fully saturated rings. The van der Waals surface area contributed by atoms with E-state index in [9.17, 15) is 19.5 Å². The van der Waals surface area contributed by atoms with Gasteiger partial charge < -0.3 is 9.84 Å². The lowest BCUT2D eigenvalue weighted by atomic mass is 10.0. The number of nitrogens with one attached hydrogen (secondary N) is 1. The van der Waals surface area contributed by atoms with E-state index in [2.05, 4.69) is 21.2 Å². The van der Waals surface area contributed by atoms with Crippen LogP contribution in [-0.2, 0) is 9.59 Å². The number of hydrogen-bond acceptors (Lipinski definition) is 5. The number of ether oxygens (including phenoxy) is 1. The Labute approximate surface area is 169 Å². The van der Waals surface area contributed by atoms with Crippen LogP contribution in [0.25, 0.3) is 6.08 Å². The molecule has 1 heterocycles. The number of aromatic hydroxyl groups is 1. The Morgan fingerprint density at radius 2 is 1.82 bits per heavy atom. The van der Waals surface area contributed by atoms with Gasteiger partial charge in [-0.25, -0.2) is 9.69 Å². The number of amides is 4. The Bertz CT molecular complexity index is 1050. The van der Waals surface area contributed by atoms with Crippen molar-refractivity contribution in [3.8, 4) is 11.5 Å². The molecule has 0 radical (unpaired) electrons. The van der Waals surface area contributed by atoms with Crippen LogP contribution in [0.1, 0.15) is 16.7 Å². The number of methoxy groups -OCH3 is 1. The predicted molar refractivity (Wildman–Crippen MR) is 107 cm³/mol. The van der Waals surface area contributed by atoms with Gasteiger partial charge in [0.1, 0.15) is 5.57 Å². The van der Waals surface area contributed by atoms with Gasteiger partial charge >= 0.3 is 6.03 Å². The minimum Gasteiger partial charge on any atom is -0.504 e. The molecule has 1 aliphatic heterocycles. The molecule has 1 saturated heterocycles. The molecule has 0 aromatic heterocycles. The van der Waals surface area contributed by atoms with E-state index < -0.39 is 17.8 Å². The number of aryl methyl sites for hydroxylation is 2. The maximum absolute atomic E-state index is 13.0. The van der Waals surface area contributed by atoms with Crippen LogP contribution in [0.15, 0.2) is 40.4 Å². The third-order valence-electron chi connectivity index (χ3n) is 4.45. The van der Waals surface area contributed by atoms with E-state index in [0.717, 1.165) is 16.0 Å². The summed E-state index contributed by atoms with van der Waals surface area (Å²) in [5.41, 5.74) is 2.51.